The lowest BCUT2D eigenvalue weighted by Crippen LogP contribution is -2.14. The van der Waals surface area contributed by atoms with Gasteiger partial charge in [-0.1, -0.05) is 6.07 Å². The molecule has 0 atom stereocenters. The van der Waals surface area contributed by atoms with Gasteiger partial charge in [0.25, 0.3) is 5.91 Å². The summed E-state index contributed by atoms with van der Waals surface area (Å²) in [7, 11) is 0. The van der Waals surface area contributed by atoms with Crippen molar-refractivity contribution in [3.8, 4) is 0 Å². The molecule has 1 amide bonds. The van der Waals surface area contributed by atoms with Crippen molar-refractivity contribution in [2.75, 3.05) is 5.32 Å². The summed E-state index contributed by atoms with van der Waals surface area (Å²) in [6.07, 6.45) is 0. The summed E-state index contributed by atoms with van der Waals surface area (Å²) >= 11 is 0. The van der Waals surface area contributed by atoms with Gasteiger partial charge in [-0.05, 0) is 37.3 Å². The Labute approximate surface area is 115 Å². The average molecular weight is 271 g/mol. The zero-order valence-electron chi connectivity index (χ0n) is 10.8. The molecule has 6 nitrogen and oxygen atoms in total. The number of carbonyl (C=O) groups excluding carboxylic acids is 1. The molecule has 0 aliphatic carbocycles. The molecule has 20 heavy (non-hydrogen) atoms. The molecule has 2 rings (SSSR count). The number of aromatic nitrogens is 1. The van der Waals surface area contributed by atoms with Gasteiger partial charge in [0.1, 0.15) is 5.82 Å². The number of nitrogens with one attached hydrogen (secondary N) is 1. The second-order valence-corrected chi connectivity index (χ2v) is 4.22. The first-order valence-corrected chi connectivity index (χ1v) is 5.85. The third kappa shape index (κ3) is 2.92. The summed E-state index contributed by atoms with van der Waals surface area (Å²) in [6.45, 7) is 1.78. The molecular formula is C14H13N3O3. The van der Waals surface area contributed by atoms with Crippen molar-refractivity contribution in [2.24, 2.45) is 5.73 Å². The molecule has 0 aliphatic rings. The predicted octanol–water partition coefficient (Wildman–Crippen LogP) is 1.93. The Morgan fingerprint density at radius 2 is 2.00 bits per heavy atom. The Morgan fingerprint density at radius 3 is 2.65 bits per heavy atom. The van der Waals surface area contributed by atoms with Gasteiger partial charge in [0.15, 0.2) is 0 Å². The zero-order chi connectivity index (χ0) is 14.7. The number of nitrogens with zero attached hydrogens (tertiary/aromatic N) is 1. The Bertz CT molecular complexity index is 683. The number of aromatic carboxylic acids is 1. The fourth-order valence-electron chi connectivity index (χ4n) is 1.72. The number of hydrogen-bond donors (Lipinski definition) is 3. The Hall–Kier alpha value is -2.89. The minimum atomic E-state index is -1.03. The third-order valence-electron chi connectivity index (χ3n) is 2.67. The molecule has 0 saturated carbocycles. The molecule has 0 spiro atoms. The van der Waals surface area contributed by atoms with E-state index in [9.17, 15) is 9.59 Å². The molecule has 1 heterocycles. The van der Waals surface area contributed by atoms with E-state index in [0.29, 0.717) is 17.2 Å². The quantitative estimate of drug-likeness (QED) is 0.788. The van der Waals surface area contributed by atoms with Crippen molar-refractivity contribution in [2.45, 2.75) is 6.92 Å². The predicted molar refractivity (Wildman–Crippen MR) is 74.2 cm³/mol. The molecule has 0 radical (unpaired) electrons. The second-order valence-electron chi connectivity index (χ2n) is 4.22. The number of rotatable bonds is 4. The minimum Gasteiger partial charge on any atom is -0.478 e. The summed E-state index contributed by atoms with van der Waals surface area (Å²) in [5.41, 5.74) is 6.91. The first-order valence-electron chi connectivity index (χ1n) is 5.85. The Morgan fingerprint density at radius 1 is 1.25 bits per heavy atom. The molecule has 2 aromatic rings. The van der Waals surface area contributed by atoms with E-state index in [1.807, 2.05) is 0 Å². The Kier molecular flexibility index (Phi) is 3.65. The maximum Gasteiger partial charge on any atom is 0.335 e. The van der Waals surface area contributed by atoms with Crippen LogP contribution in [-0.2, 0) is 0 Å². The number of amides is 1. The van der Waals surface area contributed by atoms with E-state index in [2.05, 4.69) is 10.3 Å². The molecule has 0 aliphatic heterocycles. The van der Waals surface area contributed by atoms with Crippen LogP contribution in [0.1, 0.15) is 26.4 Å². The molecule has 0 fully saturated rings. The molecule has 1 aromatic heterocycles. The number of carboxylic acid groups (broad SMARTS) is 1. The van der Waals surface area contributed by atoms with Gasteiger partial charge in [-0.25, -0.2) is 9.78 Å². The van der Waals surface area contributed by atoms with Gasteiger partial charge in [-0.3, -0.25) is 4.79 Å². The molecule has 1 aromatic carbocycles. The fraction of sp³-hybridized carbons (Fsp3) is 0.0714. The van der Waals surface area contributed by atoms with Crippen LogP contribution in [0.4, 0.5) is 11.5 Å². The van der Waals surface area contributed by atoms with Crippen LogP contribution in [0.5, 0.6) is 0 Å². The topological polar surface area (TPSA) is 105 Å². The summed E-state index contributed by atoms with van der Waals surface area (Å²) in [6, 6.07) is 9.48. The molecule has 6 heteroatoms. The number of carbonyl (C=O) groups is 2. The summed E-state index contributed by atoms with van der Waals surface area (Å²) in [4.78, 5) is 26.5. The summed E-state index contributed by atoms with van der Waals surface area (Å²) in [5.74, 6) is -1.32. The number of primary amides is 1. The minimum absolute atomic E-state index is 0.142. The van der Waals surface area contributed by atoms with E-state index in [1.165, 1.54) is 12.1 Å². The molecule has 0 unspecified atom stereocenters. The lowest BCUT2D eigenvalue weighted by Gasteiger charge is -2.10. The third-order valence-corrected chi connectivity index (χ3v) is 2.67. The lowest BCUT2D eigenvalue weighted by molar-refractivity contribution is 0.0696. The van der Waals surface area contributed by atoms with Crippen molar-refractivity contribution in [1.29, 1.82) is 0 Å². The summed E-state index contributed by atoms with van der Waals surface area (Å²) < 4.78 is 0. The first-order chi connectivity index (χ1) is 9.47. The van der Waals surface area contributed by atoms with Crippen LogP contribution in [0, 0.1) is 6.92 Å². The van der Waals surface area contributed by atoms with Gasteiger partial charge in [0, 0.05) is 11.4 Å². The normalized spacial score (nSPS) is 10.1. The van der Waals surface area contributed by atoms with Crippen LogP contribution >= 0.6 is 0 Å². The largest absolute Gasteiger partial charge is 0.478 e. The van der Waals surface area contributed by atoms with Crippen LogP contribution < -0.4 is 11.1 Å². The van der Waals surface area contributed by atoms with Crippen LogP contribution in [0.3, 0.4) is 0 Å². The number of anilines is 2. The van der Waals surface area contributed by atoms with Crippen molar-refractivity contribution in [3.63, 3.8) is 0 Å². The number of nitrogens with two attached hydrogens (primary N) is 1. The maximum atomic E-state index is 11.3. The van der Waals surface area contributed by atoms with Crippen molar-refractivity contribution >= 4 is 23.4 Å². The highest BCUT2D eigenvalue weighted by atomic mass is 16.4. The fourth-order valence-corrected chi connectivity index (χ4v) is 1.72. The lowest BCUT2D eigenvalue weighted by atomic mass is 10.2. The summed E-state index contributed by atoms with van der Waals surface area (Å²) in [5, 5.41) is 11.9. The molecular weight excluding hydrogens is 258 g/mol. The molecule has 0 bridgehead atoms. The first kappa shape index (κ1) is 13.5. The number of benzene rings is 1. The van der Waals surface area contributed by atoms with Gasteiger partial charge in [-0.2, -0.15) is 0 Å². The van der Waals surface area contributed by atoms with E-state index >= 15 is 0 Å². The van der Waals surface area contributed by atoms with Crippen molar-refractivity contribution in [1.82, 2.24) is 4.98 Å². The number of aryl methyl sites for hydroxylation is 1. The highest BCUT2D eigenvalue weighted by Crippen LogP contribution is 2.20. The van der Waals surface area contributed by atoms with Crippen LogP contribution in [0.2, 0.25) is 0 Å². The van der Waals surface area contributed by atoms with Gasteiger partial charge in [-0.15, -0.1) is 0 Å². The second kappa shape index (κ2) is 5.40. The van der Waals surface area contributed by atoms with Crippen LogP contribution in [0.15, 0.2) is 36.4 Å². The average Bonchev–Trinajstić information content (AvgIpc) is 2.38. The number of carboxylic acids is 1. The van der Waals surface area contributed by atoms with Gasteiger partial charge in [0.05, 0.1) is 11.1 Å². The van der Waals surface area contributed by atoms with Gasteiger partial charge < -0.3 is 16.2 Å². The number of hydrogen-bond acceptors (Lipinski definition) is 4. The van der Waals surface area contributed by atoms with Crippen LogP contribution in [-0.4, -0.2) is 22.0 Å². The number of pyridine rings is 1. The zero-order valence-corrected chi connectivity index (χ0v) is 10.8. The van der Waals surface area contributed by atoms with Crippen molar-refractivity contribution in [3.05, 3.63) is 53.2 Å². The highest BCUT2D eigenvalue weighted by molar-refractivity contribution is 5.98. The van der Waals surface area contributed by atoms with Gasteiger partial charge in [0.2, 0.25) is 0 Å². The molecule has 4 N–H and O–H groups in total. The van der Waals surface area contributed by atoms with E-state index in [-0.39, 0.29) is 11.1 Å². The monoisotopic (exact) mass is 271 g/mol. The SMILES string of the molecule is Cc1ccc(C(N)=O)c(Nc2cccc(C(=O)O)c2)n1. The smallest absolute Gasteiger partial charge is 0.335 e. The van der Waals surface area contributed by atoms with E-state index in [1.54, 1.807) is 31.2 Å². The van der Waals surface area contributed by atoms with E-state index < -0.39 is 11.9 Å². The standard InChI is InChI=1S/C14H13N3O3/c1-8-5-6-11(12(15)18)13(16-8)17-10-4-2-3-9(7-10)14(19)20/h2-7H,1H3,(H2,15,18)(H,16,17)(H,19,20). The van der Waals surface area contributed by atoms with Crippen LogP contribution in [0.25, 0.3) is 0 Å². The van der Waals surface area contributed by atoms with Crippen molar-refractivity contribution < 1.29 is 14.7 Å². The van der Waals surface area contributed by atoms with E-state index in [0.717, 1.165) is 0 Å². The van der Waals surface area contributed by atoms with E-state index in [4.69, 9.17) is 10.8 Å². The maximum absolute atomic E-state index is 11.3. The van der Waals surface area contributed by atoms with Gasteiger partial charge >= 0.3 is 5.97 Å². The highest BCUT2D eigenvalue weighted by Gasteiger charge is 2.11. The molecule has 0 saturated heterocycles. The Balaban J connectivity index is 2.39. The molecule has 102 valence electrons.